The molecule has 0 radical (unpaired) electrons. The highest BCUT2D eigenvalue weighted by Gasteiger charge is 2.44. The van der Waals surface area contributed by atoms with Crippen molar-refractivity contribution < 1.29 is 4.42 Å². The molecule has 0 fully saturated rings. The van der Waals surface area contributed by atoms with E-state index in [-0.39, 0.29) is 17.5 Å². The van der Waals surface area contributed by atoms with Crippen LogP contribution in [0.25, 0.3) is 33.1 Å². The van der Waals surface area contributed by atoms with Gasteiger partial charge >= 0.3 is 0 Å². The van der Waals surface area contributed by atoms with Gasteiger partial charge in [-0.3, -0.25) is 9.80 Å². The van der Waals surface area contributed by atoms with E-state index in [0.717, 1.165) is 78.6 Å². The van der Waals surface area contributed by atoms with Crippen molar-refractivity contribution in [3.05, 3.63) is 211 Å². The summed E-state index contributed by atoms with van der Waals surface area (Å²) < 4.78 is 6.79. The number of pyridine rings is 1. The number of furan rings is 1. The van der Waals surface area contributed by atoms with Crippen LogP contribution in [0.4, 0.5) is 51.4 Å². The fraction of sp³-hybridized carbons (Fsp3) is 0.131. The first-order valence-electron chi connectivity index (χ1n) is 23.4. The van der Waals surface area contributed by atoms with Gasteiger partial charge in [-0.25, -0.2) is 4.98 Å². The molecule has 0 N–H and O–H groups in total. The monoisotopic (exact) mass is 866 g/mol. The molecule has 0 spiro atoms. The second-order valence-electron chi connectivity index (χ2n) is 20.0. The topological polar surface area (TPSA) is 35.8 Å². The largest absolute Gasteiger partial charge is 0.455 e. The van der Waals surface area contributed by atoms with Gasteiger partial charge in [0.25, 0.3) is 6.71 Å². The van der Waals surface area contributed by atoms with E-state index in [4.69, 9.17) is 9.40 Å². The van der Waals surface area contributed by atoms with Crippen molar-refractivity contribution in [2.24, 2.45) is 0 Å². The normalized spacial score (nSPS) is 13.1. The molecule has 0 unspecified atom stereocenters. The summed E-state index contributed by atoms with van der Waals surface area (Å²) in [5.74, 6) is 1.73. The lowest BCUT2D eigenvalue weighted by Gasteiger charge is -2.43. The summed E-state index contributed by atoms with van der Waals surface area (Å²) in [5.41, 5.74) is 17.6. The van der Waals surface area contributed by atoms with E-state index in [1.54, 1.807) is 0 Å². The first kappa shape index (κ1) is 40.7. The molecule has 12 rings (SSSR count). The van der Waals surface area contributed by atoms with Gasteiger partial charge in [0.1, 0.15) is 22.8 Å². The lowest BCUT2D eigenvalue weighted by molar-refractivity contribution is 0.590. The molecule has 2 aliphatic rings. The molecule has 324 valence electrons. The van der Waals surface area contributed by atoms with Crippen LogP contribution in [0.3, 0.4) is 0 Å². The molecule has 10 aromatic rings. The van der Waals surface area contributed by atoms with E-state index in [0.29, 0.717) is 0 Å². The molecule has 67 heavy (non-hydrogen) atoms. The van der Waals surface area contributed by atoms with Gasteiger partial charge in [0.2, 0.25) is 0 Å². The van der Waals surface area contributed by atoms with Gasteiger partial charge in [-0.1, -0.05) is 163 Å². The van der Waals surface area contributed by atoms with E-state index in [2.05, 4.69) is 250 Å². The molecular formula is C61H51BN4O. The molecule has 4 heterocycles. The standard InChI is InChI=1S/C61H51BN4O/c1-60(2,3)40-31-34-44(35-32-40)65(51-37-33-41(61(4,5)6)39-48(51)47-25-17-24-46-45-23-13-16-30-55(45)67-58(46)47)56-38-36-50-59(63-56)66(43-21-11-8-12-22-43)54-29-18-28-53-57(54)62(50)49-26-14-15-27-52(49)64(53)42-19-9-7-10-20-42/h7-39H,1-6H3. The number of rotatable bonds is 6. The first-order valence-corrected chi connectivity index (χ1v) is 23.4. The van der Waals surface area contributed by atoms with Gasteiger partial charge in [-0.15, -0.1) is 0 Å². The van der Waals surface area contributed by atoms with Crippen LogP contribution < -0.4 is 31.1 Å². The fourth-order valence-electron chi connectivity index (χ4n) is 10.4. The number of anilines is 9. The summed E-state index contributed by atoms with van der Waals surface area (Å²) in [7, 11) is 0. The summed E-state index contributed by atoms with van der Waals surface area (Å²) in [6.07, 6.45) is 0. The van der Waals surface area contributed by atoms with Crippen molar-refractivity contribution in [3.8, 4) is 11.1 Å². The quantitative estimate of drug-likeness (QED) is 0.156. The Bertz CT molecular complexity index is 3510. The Kier molecular flexibility index (Phi) is 9.34. The molecular weight excluding hydrogens is 816 g/mol. The summed E-state index contributed by atoms with van der Waals surface area (Å²) in [6.45, 7) is 13.6. The lowest BCUT2D eigenvalue weighted by atomic mass is 9.33. The molecule has 6 heteroatoms. The minimum atomic E-state index is -0.104. The van der Waals surface area contributed by atoms with Crippen LogP contribution in [0, 0.1) is 0 Å². The van der Waals surface area contributed by atoms with Gasteiger partial charge in [0, 0.05) is 56.0 Å². The molecule has 0 saturated carbocycles. The zero-order valence-corrected chi connectivity index (χ0v) is 38.8. The average molecular weight is 867 g/mol. The third kappa shape index (κ3) is 6.65. The van der Waals surface area contributed by atoms with Crippen LogP contribution in [0.15, 0.2) is 205 Å². The van der Waals surface area contributed by atoms with Crippen molar-refractivity contribution >= 4 is 96.5 Å². The lowest BCUT2D eigenvalue weighted by Crippen LogP contribution is -2.61. The van der Waals surface area contributed by atoms with Crippen molar-refractivity contribution in [1.82, 2.24) is 4.98 Å². The third-order valence-electron chi connectivity index (χ3n) is 13.8. The van der Waals surface area contributed by atoms with Crippen LogP contribution in [-0.4, -0.2) is 11.7 Å². The van der Waals surface area contributed by atoms with Crippen LogP contribution in [0.2, 0.25) is 0 Å². The first-order chi connectivity index (χ1) is 32.5. The highest BCUT2D eigenvalue weighted by atomic mass is 16.3. The molecule has 2 aliphatic heterocycles. The number of hydrogen-bond acceptors (Lipinski definition) is 5. The maximum absolute atomic E-state index is 6.79. The Hall–Kier alpha value is -7.83. The summed E-state index contributed by atoms with van der Waals surface area (Å²) in [6, 6.07) is 72.6. The number of benzene rings is 8. The Morgan fingerprint density at radius 3 is 1.81 bits per heavy atom. The van der Waals surface area contributed by atoms with Crippen molar-refractivity contribution in [3.63, 3.8) is 0 Å². The van der Waals surface area contributed by atoms with Gasteiger partial charge < -0.3 is 9.32 Å². The minimum Gasteiger partial charge on any atom is -0.455 e. The number of aromatic nitrogens is 1. The zero-order chi connectivity index (χ0) is 45.6. The SMILES string of the molecule is CC(C)(C)c1ccc(N(c2ccc3c(n2)N(c2ccccc2)c2cccc4c2B3c2ccccc2N4c2ccccc2)c2ccc(C(C)(C)C)cc2-c2cccc3c2oc2ccccc23)cc1. The van der Waals surface area contributed by atoms with Gasteiger partial charge in [0.15, 0.2) is 0 Å². The maximum atomic E-state index is 6.79. The van der Waals surface area contributed by atoms with E-state index in [9.17, 15) is 0 Å². The van der Waals surface area contributed by atoms with Gasteiger partial charge in [-0.2, -0.15) is 0 Å². The van der Waals surface area contributed by atoms with E-state index in [1.807, 2.05) is 6.07 Å². The maximum Gasteiger partial charge on any atom is 0.254 e. The van der Waals surface area contributed by atoms with Crippen molar-refractivity contribution in [1.29, 1.82) is 0 Å². The highest BCUT2D eigenvalue weighted by molar-refractivity contribution is 7.00. The van der Waals surface area contributed by atoms with Crippen LogP contribution in [-0.2, 0) is 10.8 Å². The van der Waals surface area contributed by atoms with Crippen LogP contribution >= 0.6 is 0 Å². The number of hydrogen-bond donors (Lipinski definition) is 0. The molecule has 0 saturated heterocycles. The van der Waals surface area contributed by atoms with E-state index >= 15 is 0 Å². The Morgan fingerprint density at radius 2 is 1.07 bits per heavy atom. The Morgan fingerprint density at radius 1 is 0.478 bits per heavy atom. The molecule has 0 atom stereocenters. The van der Waals surface area contributed by atoms with Crippen molar-refractivity contribution in [2.75, 3.05) is 14.7 Å². The molecule has 8 aromatic carbocycles. The second kappa shape index (κ2) is 15.4. The van der Waals surface area contributed by atoms with E-state index < -0.39 is 0 Å². The highest BCUT2D eigenvalue weighted by Crippen LogP contribution is 2.48. The van der Waals surface area contributed by atoms with Crippen LogP contribution in [0.1, 0.15) is 52.7 Å². The Balaban J connectivity index is 1.13. The number of fused-ring (bicyclic) bond motifs is 7. The molecule has 0 amide bonds. The molecule has 2 aromatic heterocycles. The molecule has 5 nitrogen and oxygen atoms in total. The summed E-state index contributed by atoms with van der Waals surface area (Å²) in [5, 5.41) is 2.21. The molecule has 0 aliphatic carbocycles. The summed E-state index contributed by atoms with van der Waals surface area (Å²) >= 11 is 0. The third-order valence-corrected chi connectivity index (χ3v) is 13.8. The molecule has 0 bridgehead atoms. The van der Waals surface area contributed by atoms with Crippen LogP contribution in [0.5, 0.6) is 0 Å². The fourth-order valence-corrected chi connectivity index (χ4v) is 10.4. The van der Waals surface area contributed by atoms with E-state index in [1.165, 1.54) is 33.4 Å². The van der Waals surface area contributed by atoms with Crippen molar-refractivity contribution in [2.45, 2.75) is 52.4 Å². The predicted molar refractivity (Wildman–Crippen MR) is 283 cm³/mol. The second-order valence-corrected chi connectivity index (χ2v) is 20.0. The number of para-hydroxylation sites is 5. The zero-order valence-electron chi connectivity index (χ0n) is 38.8. The van der Waals surface area contributed by atoms with Gasteiger partial charge in [0.05, 0.1) is 5.69 Å². The number of nitrogens with zero attached hydrogens (tertiary/aromatic N) is 4. The smallest absolute Gasteiger partial charge is 0.254 e. The predicted octanol–water partition coefficient (Wildman–Crippen LogP) is 14.8. The minimum absolute atomic E-state index is 0.0152. The Labute approximate surface area is 393 Å². The summed E-state index contributed by atoms with van der Waals surface area (Å²) in [4.78, 5) is 13.1. The van der Waals surface area contributed by atoms with Gasteiger partial charge in [-0.05, 0) is 117 Å². The average Bonchev–Trinajstić information content (AvgIpc) is 3.73.